The number of aromatic nitrogens is 2. The minimum absolute atomic E-state index is 0.238. The number of halogens is 1. The van der Waals surface area contributed by atoms with Crippen molar-refractivity contribution in [3.05, 3.63) is 64.8 Å². The fourth-order valence-electron chi connectivity index (χ4n) is 2.66. The molecule has 2 heterocycles. The molecular formula is C17H17ClN4O3. The molecule has 130 valence electrons. The van der Waals surface area contributed by atoms with Gasteiger partial charge in [0.1, 0.15) is 0 Å². The number of nitrogens with one attached hydrogen (secondary N) is 2. The van der Waals surface area contributed by atoms with Crippen LogP contribution < -0.4 is 10.6 Å². The summed E-state index contributed by atoms with van der Waals surface area (Å²) in [5, 5.41) is 6.06. The van der Waals surface area contributed by atoms with Gasteiger partial charge in [-0.15, -0.1) is 0 Å². The minimum Gasteiger partial charge on any atom is -0.463 e. The maximum atomic E-state index is 12.6. The Morgan fingerprint density at radius 1 is 1.36 bits per heavy atom. The minimum atomic E-state index is -0.622. The largest absolute Gasteiger partial charge is 0.463 e. The quantitative estimate of drug-likeness (QED) is 0.802. The van der Waals surface area contributed by atoms with Crippen LogP contribution in [0.15, 0.2) is 54.3 Å². The number of ether oxygens (including phenoxy) is 1. The Morgan fingerprint density at radius 2 is 2.12 bits per heavy atom. The number of allylic oxidation sites excluding steroid dienone is 1. The number of carbonyl (C=O) groups excluding carboxylic acids is 2. The van der Waals surface area contributed by atoms with Crippen LogP contribution in [0.1, 0.15) is 18.5 Å². The first-order chi connectivity index (χ1) is 12.1. The molecule has 0 aliphatic carbocycles. The molecule has 0 saturated heterocycles. The first-order valence-electron chi connectivity index (χ1n) is 7.77. The van der Waals surface area contributed by atoms with Crippen molar-refractivity contribution in [1.82, 2.24) is 20.2 Å². The highest BCUT2D eigenvalue weighted by atomic mass is 35.5. The highest BCUT2D eigenvalue weighted by molar-refractivity contribution is 6.30. The maximum absolute atomic E-state index is 12.6. The highest BCUT2D eigenvalue weighted by Gasteiger charge is 2.33. The molecule has 0 radical (unpaired) electrons. The third-order valence-electron chi connectivity index (χ3n) is 3.75. The van der Waals surface area contributed by atoms with Crippen molar-refractivity contribution >= 4 is 23.6 Å². The van der Waals surface area contributed by atoms with Gasteiger partial charge in [-0.05, 0) is 24.6 Å². The standard InChI is InChI=1S/C17H17ClN4O3/c1-2-25-16(23)14-13(9-22-8-7-19-10-22)20-17(24)21-15(14)11-3-5-12(18)6-4-11/h3-8,10,15H,2,9H2,1H3,(H2,20,21,24)/t15-/m1/s1. The number of amides is 2. The van der Waals surface area contributed by atoms with E-state index in [-0.39, 0.29) is 12.6 Å². The SMILES string of the molecule is CCOC(=O)C1=C(Cn2ccnc2)NC(=O)N[C@@H]1c1ccc(Cl)cc1. The molecule has 2 amide bonds. The zero-order valence-electron chi connectivity index (χ0n) is 13.5. The predicted molar refractivity (Wildman–Crippen MR) is 91.7 cm³/mol. The van der Waals surface area contributed by atoms with Crippen LogP contribution in [-0.2, 0) is 16.1 Å². The number of urea groups is 1. The Morgan fingerprint density at radius 3 is 2.76 bits per heavy atom. The van der Waals surface area contributed by atoms with Gasteiger partial charge in [0, 0.05) is 17.4 Å². The van der Waals surface area contributed by atoms with E-state index in [1.807, 2.05) is 0 Å². The van der Waals surface area contributed by atoms with Crippen LogP contribution in [-0.4, -0.2) is 28.2 Å². The molecule has 1 aliphatic rings. The van der Waals surface area contributed by atoms with Crippen molar-refractivity contribution in [3.63, 3.8) is 0 Å². The van der Waals surface area contributed by atoms with E-state index in [9.17, 15) is 9.59 Å². The van der Waals surface area contributed by atoms with Gasteiger partial charge in [-0.25, -0.2) is 14.6 Å². The third kappa shape index (κ3) is 3.83. The normalized spacial score (nSPS) is 17.0. The van der Waals surface area contributed by atoms with Gasteiger partial charge in [0.15, 0.2) is 0 Å². The summed E-state index contributed by atoms with van der Waals surface area (Å²) >= 11 is 5.94. The summed E-state index contributed by atoms with van der Waals surface area (Å²) in [6.45, 7) is 2.27. The fourth-order valence-corrected chi connectivity index (χ4v) is 2.79. The lowest BCUT2D eigenvalue weighted by atomic mass is 9.95. The van der Waals surface area contributed by atoms with Gasteiger partial charge in [0.25, 0.3) is 0 Å². The van der Waals surface area contributed by atoms with E-state index in [4.69, 9.17) is 16.3 Å². The monoisotopic (exact) mass is 360 g/mol. The molecule has 0 unspecified atom stereocenters. The Kier molecular flexibility index (Phi) is 5.04. The molecule has 1 aliphatic heterocycles. The van der Waals surface area contributed by atoms with Gasteiger partial charge in [-0.2, -0.15) is 0 Å². The number of esters is 1. The Labute approximate surface area is 149 Å². The van der Waals surface area contributed by atoms with Crippen molar-refractivity contribution in [2.45, 2.75) is 19.5 Å². The number of nitrogens with zero attached hydrogens (tertiary/aromatic N) is 2. The van der Waals surface area contributed by atoms with Gasteiger partial charge >= 0.3 is 12.0 Å². The van der Waals surface area contributed by atoms with Crippen LogP contribution in [0.25, 0.3) is 0 Å². The van der Waals surface area contributed by atoms with Gasteiger partial charge in [-0.3, -0.25) is 0 Å². The molecule has 8 heteroatoms. The van der Waals surface area contributed by atoms with Gasteiger partial charge in [0.05, 0.1) is 36.8 Å². The van der Waals surface area contributed by atoms with Crippen molar-refractivity contribution in [1.29, 1.82) is 0 Å². The lowest BCUT2D eigenvalue weighted by Gasteiger charge is -2.29. The van der Waals surface area contributed by atoms with Crippen molar-refractivity contribution in [3.8, 4) is 0 Å². The number of benzene rings is 1. The van der Waals surface area contributed by atoms with Gasteiger partial charge in [-0.1, -0.05) is 23.7 Å². The summed E-state index contributed by atoms with van der Waals surface area (Å²) in [4.78, 5) is 28.7. The molecule has 3 rings (SSSR count). The average Bonchev–Trinajstić information content (AvgIpc) is 3.08. The van der Waals surface area contributed by atoms with Crippen LogP contribution in [0.3, 0.4) is 0 Å². The molecule has 2 aromatic rings. The Balaban J connectivity index is 2.05. The number of carbonyl (C=O) groups is 2. The molecule has 1 aromatic carbocycles. The second-order valence-electron chi connectivity index (χ2n) is 5.43. The van der Waals surface area contributed by atoms with E-state index in [1.165, 1.54) is 0 Å². The van der Waals surface area contributed by atoms with E-state index in [0.29, 0.717) is 22.8 Å². The van der Waals surface area contributed by atoms with Crippen molar-refractivity contribution in [2.24, 2.45) is 0 Å². The third-order valence-corrected chi connectivity index (χ3v) is 4.00. The predicted octanol–water partition coefficient (Wildman–Crippen LogP) is 2.41. The van der Waals surface area contributed by atoms with E-state index in [1.54, 1.807) is 54.5 Å². The zero-order valence-corrected chi connectivity index (χ0v) is 14.3. The molecule has 25 heavy (non-hydrogen) atoms. The van der Waals surface area contributed by atoms with Crippen LogP contribution >= 0.6 is 11.6 Å². The van der Waals surface area contributed by atoms with Crippen LogP contribution in [0.4, 0.5) is 4.79 Å². The van der Waals surface area contributed by atoms with Crippen LogP contribution in [0.5, 0.6) is 0 Å². The lowest BCUT2D eigenvalue weighted by Crippen LogP contribution is -2.46. The van der Waals surface area contributed by atoms with Crippen LogP contribution in [0.2, 0.25) is 5.02 Å². The van der Waals surface area contributed by atoms with E-state index < -0.39 is 12.0 Å². The van der Waals surface area contributed by atoms with Crippen molar-refractivity contribution < 1.29 is 14.3 Å². The van der Waals surface area contributed by atoms with Gasteiger partial charge < -0.3 is 19.9 Å². The summed E-state index contributed by atoms with van der Waals surface area (Å²) in [6.07, 6.45) is 4.99. The molecule has 0 saturated carbocycles. The van der Waals surface area contributed by atoms with Crippen LogP contribution in [0, 0.1) is 0 Å². The molecule has 7 nitrogen and oxygen atoms in total. The fraction of sp³-hybridized carbons (Fsp3) is 0.235. The number of hydrogen-bond acceptors (Lipinski definition) is 4. The summed E-state index contributed by atoms with van der Waals surface area (Å²) in [7, 11) is 0. The molecule has 1 aromatic heterocycles. The summed E-state index contributed by atoms with van der Waals surface area (Å²) < 4.78 is 6.97. The van der Waals surface area contributed by atoms with E-state index in [0.717, 1.165) is 5.56 Å². The molecule has 0 spiro atoms. The smallest absolute Gasteiger partial charge is 0.338 e. The summed E-state index contributed by atoms with van der Waals surface area (Å²) in [5.74, 6) is -0.481. The molecule has 0 fully saturated rings. The van der Waals surface area contributed by atoms with Crippen molar-refractivity contribution in [2.75, 3.05) is 6.61 Å². The maximum Gasteiger partial charge on any atom is 0.338 e. The van der Waals surface area contributed by atoms with Gasteiger partial charge in [0.2, 0.25) is 0 Å². The Hall–Kier alpha value is -2.80. The summed E-state index contributed by atoms with van der Waals surface area (Å²) in [6, 6.07) is 5.96. The second-order valence-corrected chi connectivity index (χ2v) is 5.87. The molecule has 0 bridgehead atoms. The lowest BCUT2D eigenvalue weighted by molar-refractivity contribution is -0.139. The summed E-state index contributed by atoms with van der Waals surface area (Å²) in [5.41, 5.74) is 1.57. The Bertz CT molecular complexity index is 800. The number of rotatable bonds is 5. The first kappa shape index (κ1) is 17.0. The highest BCUT2D eigenvalue weighted by Crippen LogP contribution is 2.29. The number of hydrogen-bond donors (Lipinski definition) is 2. The number of imidazole rings is 1. The zero-order chi connectivity index (χ0) is 17.8. The first-order valence-corrected chi connectivity index (χ1v) is 8.15. The molecular weight excluding hydrogens is 344 g/mol. The van der Waals surface area contributed by atoms with E-state index >= 15 is 0 Å². The van der Waals surface area contributed by atoms with E-state index in [2.05, 4.69) is 15.6 Å². The average molecular weight is 361 g/mol. The second kappa shape index (κ2) is 7.40. The topological polar surface area (TPSA) is 85.2 Å². The molecule has 2 N–H and O–H groups in total. The molecule has 1 atom stereocenters.